The Morgan fingerprint density at radius 1 is 1.23 bits per heavy atom. The average molecular weight is 444 g/mol. The van der Waals surface area contributed by atoms with Crippen molar-refractivity contribution < 1.29 is 14.3 Å². The van der Waals surface area contributed by atoms with Gasteiger partial charge in [0.15, 0.2) is 0 Å². The van der Waals surface area contributed by atoms with E-state index in [9.17, 15) is 4.79 Å². The second-order valence-electron chi connectivity index (χ2n) is 8.16. The molecule has 0 spiro atoms. The lowest BCUT2D eigenvalue weighted by Crippen LogP contribution is -2.26. The summed E-state index contributed by atoms with van der Waals surface area (Å²) in [6, 6.07) is 7.81. The van der Waals surface area contributed by atoms with Gasteiger partial charge in [-0.3, -0.25) is 4.79 Å². The maximum atomic E-state index is 9.60. The van der Waals surface area contributed by atoms with E-state index in [1.165, 1.54) is 17.8 Å². The topological polar surface area (TPSA) is 91.2 Å². The molecule has 1 fully saturated rings. The molecular formula is C22H29N5O3S. The van der Waals surface area contributed by atoms with Gasteiger partial charge in [-0.25, -0.2) is 9.67 Å². The third kappa shape index (κ3) is 7.45. The number of ether oxygens (including phenoxy) is 2. The molecular weight excluding hydrogens is 414 g/mol. The maximum absolute atomic E-state index is 9.60. The summed E-state index contributed by atoms with van der Waals surface area (Å²) in [4.78, 5) is 14.3. The highest BCUT2D eigenvalue weighted by molar-refractivity contribution is 7.09. The summed E-state index contributed by atoms with van der Waals surface area (Å²) in [6.45, 7) is 8.61. The van der Waals surface area contributed by atoms with Gasteiger partial charge in [-0.2, -0.15) is 0 Å². The number of nitrogens with zero attached hydrogens (tertiary/aromatic N) is 4. The van der Waals surface area contributed by atoms with E-state index in [2.05, 4.69) is 25.7 Å². The fourth-order valence-electron chi connectivity index (χ4n) is 2.99. The van der Waals surface area contributed by atoms with Crippen molar-refractivity contribution in [2.45, 2.75) is 51.7 Å². The van der Waals surface area contributed by atoms with Crippen molar-refractivity contribution in [1.82, 2.24) is 25.3 Å². The molecule has 2 aromatic heterocycles. The SMILES string of the molecule is CC(C)(C)OC=O.c1cn(-c2ccc(OCc3csc(C4CCNCC4)n3)cc2)nn1. The first-order valence-corrected chi connectivity index (χ1v) is 11.2. The Hall–Kier alpha value is -2.78. The van der Waals surface area contributed by atoms with Crippen LogP contribution < -0.4 is 10.1 Å². The molecule has 0 unspecified atom stereocenters. The molecule has 0 amide bonds. The molecule has 1 saturated heterocycles. The quantitative estimate of drug-likeness (QED) is 0.581. The van der Waals surface area contributed by atoms with Crippen molar-refractivity contribution >= 4 is 17.8 Å². The normalized spacial score (nSPS) is 14.4. The summed E-state index contributed by atoms with van der Waals surface area (Å²) in [5.41, 5.74) is 1.65. The van der Waals surface area contributed by atoms with Crippen molar-refractivity contribution in [2.75, 3.05) is 13.1 Å². The molecule has 8 nitrogen and oxygen atoms in total. The summed E-state index contributed by atoms with van der Waals surface area (Å²) in [5.74, 6) is 1.43. The highest BCUT2D eigenvalue weighted by Crippen LogP contribution is 2.28. The predicted molar refractivity (Wildman–Crippen MR) is 120 cm³/mol. The minimum absolute atomic E-state index is 0.318. The number of aromatic nitrogens is 4. The Morgan fingerprint density at radius 3 is 2.55 bits per heavy atom. The van der Waals surface area contributed by atoms with E-state index in [4.69, 9.17) is 9.72 Å². The molecule has 0 bridgehead atoms. The zero-order valence-electron chi connectivity index (χ0n) is 18.2. The minimum atomic E-state index is -0.318. The molecule has 3 heterocycles. The first-order chi connectivity index (χ1) is 14.9. The number of rotatable bonds is 6. The van der Waals surface area contributed by atoms with E-state index in [1.807, 2.05) is 51.2 Å². The number of piperidine rings is 1. The molecule has 0 saturated carbocycles. The van der Waals surface area contributed by atoms with Crippen molar-refractivity contribution in [3.8, 4) is 11.4 Å². The number of carbonyl (C=O) groups excluding carboxylic acids is 1. The van der Waals surface area contributed by atoms with Crippen LogP contribution in [0.4, 0.5) is 0 Å². The Morgan fingerprint density at radius 2 is 1.97 bits per heavy atom. The van der Waals surface area contributed by atoms with Crippen LogP contribution >= 0.6 is 11.3 Å². The van der Waals surface area contributed by atoms with Crippen LogP contribution in [0.3, 0.4) is 0 Å². The van der Waals surface area contributed by atoms with E-state index < -0.39 is 0 Å². The summed E-state index contributed by atoms with van der Waals surface area (Å²) in [6.07, 6.45) is 5.83. The van der Waals surface area contributed by atoms with Crippen molar-refractivity contribution in [3.63, 3.8) is 0 Å². The Bertz CT molecular complexity index is 914. The van der Waals surface area contributed by atoms with E-state index in [-0.39, 0.29) is 5.60 Å². The van der Waals surface area contributed by atoms with Crippen LogP contribution in [-0.2, 0) is 16.1 Å². The molecule has 0 radical (unpaired) electrons. The summed E-state index contributed by atoms with van der Waals surface area (Å²) < 4.78 is 12.1. The predicted octanol–water partition coefficient (Wildman–Crippen LogP) is 3.73. The lowest BCUT2D eigenvalue weighted by Gasteiger charge is -2.20. The Kier molecular flexibility index (Phi) is 8.13. The van der Waals surface area contributed by atoms with Gasteiger partial charge in [-0.05, 0) is 71.0 Å². The van der Waals surface area contributed by atoms with Crippen LogP contribution in [0, 0.1) is 0 Å². The van der Waals surface area contributed by atoms with Crippen LogP contribution in [0.1, 0.15) is 50.2 Å². The standard InChI is InChI=1S/C17H19N5OS.C5H10O2/c1-3-16(4-2-15(1)22-10-9-19-21-22)23-11-14-12-24-17(20-14)13-5-7-18-8-6-13;1-5(2,3)7-4-6/h1-4,9-10,12-13,18H,5-8,11H2;4H,1-3H3. The van der Waals surface area contributed by atoms with Crippen LogP contribution in [-0.4, -0.2) is 45.1 Å². The number of thiazole rings is 1. The molecule has 1 aromatic carbocycles. The summed E-state index contributed by atoms with van der Waals surface area (Å²) >= 11 is 1.75. The van der Waals surface area contributed by atoms with E-state index >= 15 is 0 Å². The lowest BCUT2D eigenvalue weighted by atomic mass is 9.99. The molecule has 9 heteroatoms. The van der Waals surface area contributed by atoms with Crippen molar-refractivity contribution in [1.29, 1.82) is 0 Å². The molecule has 166 valence electrons. The maximum Gasteiger partial charge on any atom is 0.293 e. The largest absolute Gasteiger partial charge is 0.487 e. The molecule has 0 atom stereocenters. The van der Waals surface area contributed by atoms with Crippen molar-refractivity contribution in [3.05, 3.63) is 52.7 Å². The molecule has 1 aliphatic heterocycles. The summed E-state index contributed by atoms with van der Waals surface area (Å²) in [7, 11) is 0. The van der Waals surface area contributed by atoms with Gasteiger partial charge >= 0.3 is 0 Å². The third-order valence-electron chi connectivity index (χ3n) is 4.57. The highest BCUT2D eigenvalue weighted by Gasteiger charge is 2.18. The number of benzene rings is 1. The van der Waals surface area contributed by atoms with E-state index in [0.717, 1.165) is 30.2 Å². The second kappa shape index (κ2) is 11.0. The second-order valence-corrected chi connectivity index (χ2v) is 9.05. The zero-order chi connectivity index (χ0) is 22.1. The first kappa shape index (κ1) is 22.9. The summed E-state index contributed by atoms with van der Waals surface area (Å²) in [5, 5.41) is 14.5. The molecule has 4 rings (SSSR count). The fourth-order valence-corrected chi connectivity index (χ4v) is 3.96. The molecule has 1 aliphatic rings. The first-order valence-electron chi connectivity index (χ1n) is 10.3. The fraction of sp³-hybridized carbons (Fsp3) is 0.455. The molecule has 1 N–H and O–H groups in total. The van der Waals surface area contributed by atoms with Gasteiger partial charge in [0.2, 0.25) is 0 Å². The van der Waals surface area contributed by atoms with Crippen LogP contribution in [0.2, 0.25) is 0 Å². The van der Waals surface area contributed by atoms with Crippen LogP contribution in [0.5, 0.6) is 5.75 Å². The lowest BCUT2D eigenvalue weighted by molar-refractivity contribution is -0.138. The Labute approximate surface area is 186 Å². The van der Waals surface area contributed by atoms with Crippen molar-refractivity contribution in [2.24, 2.45) is 0 Å². The van der Waals surface area contributed by atoms with Gasteiger partial charge in [0.25, 0.3) is 6.47 Å². The molecule has 31 heavy (non-hydrogen) atoms. The molecule has 0 aliphatic carbocycles. The van der Waals surface area contributed by atoms with Gasteiger partial charge in [0.05, 0.1) is 28.8 Å². The van der Waals surface area contributed by atoms with E-state index in [0.29, 0.717) is 19.0 Å². The van der Waals surface area contributed by atoms with Crippen LogP contribution in [0.25, 0.3) is 5.69 Å². The van der Waals surface area contributed by atoms with E-state index in [1.54, 1.807) is 22.2 Å². The average Bonchev–Trinajstić information content (AvgIpc) is 3.45. The highest BCUT2D eigenvalue weighted by atomic mass is 32.1. The van der Waals surface area contributed by atoms with Crippen LogP contribution in [0.15, 0.2) is 42.0 Å². The molecule has 3 aromatic rings. The zero-order valence-corrected chi connectivity index (χ0v) is 19.0. The number of hydrogen-bond donors (Lipinski definition) is 1. The smallest absolute Gasteiger partial charge is 0.293 e. The third-order valence-corrected chi connectivity index (χ3v) is 5.63. The van der Waals surface area contributed by atoms with Gasteiger partial charge in [0, 0.05) is 11.3 Å². The number of carbonyl (C=O) groups is 1. The monoisotopic (exact) mass is 443 g/mol. The van der Waals surface area contributed by atoms with Gasteiger partial charge in [0.1, 0.15) is 18.0 Å². The van der Waals surface area contributed by atoms with Gasteiger partial charge < -0.3 is 14.8 Å². The van der Waals surface area contributed by atoms with Gasteiger partial charge in [-0.15, -0.1) is 16.4 Å². The number of nitrogens with one attached hydrogen (secondary N) is 1. The number of hydrogen-bond acceptors (Lipinski definition) is 8. The Balaban J connectivity index is 0.000000339. The van der Waals surface area contributed by atoms with Gasteiger partial charge in [-0.1, -0.05) is 5.21 Å². The minimum Gasteiger partial charge on any atom is -0.487 e.